The van der Waals surface area contributed by atoms with Crippen molar-refractivity contribution in [2.45, 2.75) is 0 Å². The van der Waals surface area contributed by atoms with Gasteiger partial charge in [-0.25, -0.2) is 19.9 Å². The van der Waals surface area contributed by atoms with Crippen molar-refractivity contribution in [3.63, 3.8) is 0 Å². The molecule has 0 aliphatic rings. The maximum atomic E-state index is 6.51. The maximum Gasteiger partial charge on any atom is 0.164 e. The lowest BCUT2D eigenvalue weighted by molar-refractivity contribution is 0.669. The van der Waals surface area contributed by atoms with Crippen LogP contribution in [0.3, 0.4) is 0 Å². The fourth-order valence-electron chi connectivity index (χ4n) is 6.13. The van der Waals surface area contributed by atoms with E-state index in [0.29, 0.717) is 17.5 Å². The summed E-state index contributed by atoms with van der Waals surface area (Å²) in [7, 11) is 0. The second-order valence-corrected chi connectivity index (χ2v) is 11.1. The number of pyridine rings is 1. The third-order valence-electron chi connectivity index (χ3n) is 8.32. The number of fused-ring (bicyclic) bond motifs is 7. The highest BCUT2D eigenvalue weighted by Crippen LogP contribution is 2.41. The molecule has 9 aromatic rings. The van der Waals surface area contributed by atoms with E-state index >= 15 is 0 Å². The Labute approximate surface area is 258 Å². The lowest BCUT2D eigenvalue weighted by Gasteiger charge is -2.10. The molecule has 0 radical (unpaired) electrons. The van der Waals surface area contributed by atoms with Gasteiger partial charge in [-0.3, -0.25) is 0 Å². The number of nitrogens with zero attached hydrogens (tertiary/aromatic N) is 4. The molecule has 9 rings (SSSR count). The first kappa shape index (κ1) is 25.3. The van der Waals surface area contributed by atoms with Crippen molar-refractivity contribution in [1.29, 1.82) is 0 Å². The summed E-state index contributed by atoms with van der Waals surface area (Å²) in [4.78, 5) is 19.9. The Morgan fingerprint density at radius 1 is 0.378 bits per heavy atom. The van der Waals surface area contributed by atoms with Crippen molar-refractivity contribution >= 4 is 43.6 Å². The van der Waals surface area contributed by atoms with Crippen molar-refractivity contribution < 1.29 is 4.42 Å². The number of benzene rings is 6. The van der Waals surface area contributed by atoms with Gasteiger partial charge in [-0.1, -0.05) is 140 Å². The van der Waals surface area contributed by atoms with Crippen molar-refractivity contribution in [2.75, 3.05) is 0 Å². The summed E-state index contributed by atoms with van der Waals surface area (Å²) in [6.45, 7) is 0. The molecule has 0 unspecified atom stereocenters. The number of furan rings is 1. The minimum atomic E-state index is 0.612. The molecule has 45 heavy (non-hydrogen) atoms. The average Bonchev–Trinajstić information content (AvgIpc) is 3.52. The Kier molecular flexibility index (Phi) is 5.74. The molecule has 3 aromatic heterocycles. The quantitative estimate of drug-likeness (QED) is 0.195. The minimum absolute atomic E-state index is 0.612. The summed E-state index contributed by atoms with van der Waals surface area (Å²) < 4.78 is 6.51. The van der Waals surface area contributed by atoms with Crippen LogP contribution < -0.4 is 0 Å². The second kappa shape index (κ2) is 10.2. The Bertz CT molecular complexity index is 2460. The number of rotatable bonds is 4. The van der Waals surface area contributed by atoms with Gasteiger partial charge >= 0.3 is 0 Å². The number of hydrogen-bond acceptors (Lipinski definition) is 5. The molecule has 0 fully saturated rings. The third kappa shape index (κ3) is 4.25. The van der Waals surface area contributed by atoms with Crippen molar-refractivity contribution in [2.24, 2.45) is 0 Å². The van der Waals surface area contributed by atoms with E-state index < -0.39 is 0 Å². The molecule has 5 heteroatoms. The standard InChI is InChI=1S/C40H24N4O/c1-3-12-27(13-4-1)38-42-39(28-14-5-2-6-15-28)44-40(43-38)29-21-19-26(20-22-29)35-37-34(31-17-9-10-18-33(31)45-37)32-24-23-25-11-7-8-16-30(25)36(32)41-35/h1-24H. The Balaban J connectivity index is 1.23. The van der Waals surface area contributed by atoms with Crippen LogP contribution in [-0.4, -0.2) is 19.9 Å². The van der Waals surface area contributed by atoms with Gasteiger partial charge in [0.05, 0.1) is 5.52 Å². The molecule has 3 heterocycles. The topological polar surface area (TPSA) is 64.7 Å². The van der Waals surface area contributed by atoms with E-state index in [4.69, 9.17) is 24.4 Å². The first-order valence-corrected chi connectivity index (χ1v) is 14.9. The van der Waals surface area contributed by atoms with Gasteiger partial charge in [0.15, 0.2) is 23.1 Å². The van der Waals surface area contributed by atoms with Crippen LogP contribution in [0, 0.1) is 0 Å². The first-order chi connectivity index (χ1) is 22.3. The molecule has 0 aliphatic carbocycles. The van der Waals surface area contributed by atoms with Crippen LogP contribution in [0.1, 0.15) is 0 Å². The van der Waals surface area contributed by atoms with Gasteiger partial charge in [0, 0.05) is 43.8 Å². The summed E-state index contributed by atoms with van der Waals surface area (Å²) in [5.41, 5.74) is 7.13. The molecule has 0 amide bonds. The molecule has 0 saturated carbocycles. The predicted octanol–water partition coefficient (Wildman–Crippen LogP) is 10.1. The van der Waals surface area contributed by atoms with Crippen molar-refractivity contribution in [1.82, 2.24) is 19.9 Å². The first-order valence-electron chi connectivity index (χ1n) is 14.9. The molecule has 0 N–H and O–H groups in total. The van der Waals surface area contributed by atoms with E-state index in [1.807, 2.05) is 72.8 Å². The van der Waals surface area contributed by atoms with Crippen LogP contribution in [0.25, 0.3) is 89.0 Å². The molecular weight excluding hydrogens is 552 g/mol. The lowest BCUT2D eigenvalue weighted by Crippen LogP contribution is -2.00. The number of hydrogen-bond donors (Lipinski definition) is 0. The van der Waals surface area contributed by atoms with Gasteiger partial charge in [0.2, 0.25) is 0 Å². The van der Waals surface area contributed by atoms with Crippen molar-refractivity contribution in [3.05, 3.63) is 146 Å². The zero-order valence-corrected chi connectivity index (χ0v) is 24.1. The summed E-state index contributed by atoms with van der Waals surface area (Å²) in [6.07, 6.45) is 0. The zero-order valence-electron chi connectivity index (χ0n) is 24.1. The molecule has 5 nitrogen and oxygen atoms in total. The van der Waals surface area contributed by atoms with E-state index in [1.165, 1.54) is 0 Å². The van der Waals surface area contributed by atoms with Crippen LogP contribution in [0.4, 0.5) is 0 Å². The van der Waals surface area contributed by atoms with E-state index in [9.17, 15) is 0 Å². The van der Waals surface area contributed by atoms with E-state index in [2.05, 4.69) is 72.8 Å². The molecule has 0 aliphatic heterocycles. The minimum Gasteiger partial charge on any atom is -0.454 e. The molecule has 0 saturated heterocycles. The summed E-state index contributed by atoms with van der Waals surface area (Å²) in [5.74, 6) is 1.88. The maximum absolute atomic E-state index is 6.51. The van der Waals surface area contributed by atoms with Crippen LogP contribution in [0.15, 0.2) is 150 Å². The van der Waals surface area contributed by atoms with E-state index in [-0.39, 0.29) is 0 Å². The third-order valence-corrected chi connectivity index (χ3v) is 8.32. The highest BCUT2D eigenvalue weighted by molar-refractivity contribution is 6.24. The van der Waals surface area contributed by atoms with E-state index in [1.54, 1.807) is 0 Å². The lowest BCUT2D eigenvalue weighted by atomic mass is 9.99. The number of aromatic nitrogens is 4. The molecule has 0 spiro atoms. The highest BCUT2D eigenvalue weighted by atomic mass is 16.3. The summed E-state index contributed by atoms with van der Waals surface area (Å²) >= 11 is 0. The van der Waals surface area contributed by atoms with Crippen LogP contribution in [0.2, 0.25) is 0 Å². The molecule has 6 aromatic carbocycles. The van der Waals surface area contributed by atoms with Gasteiger partial charge in [-0.05, 0) is 11.5 Å². The predicted molar refractivity (Wildman–Crippen MR) is 182 cm³/mol. The van der Waals surface area contributed by atoms with Gasteiger partial charge in [-0.15, -0.1) is 0 Å². The molecule has 0 bridgehead atoms. The van der Waals surface area contributed by atoms with E-state index in [0.717, 1.165) is 71.6 Å². The van der Waals surface area contributed by atoms with Gasteiger partial charge in [0.25, 0.3) is 0 Å². The number of para-hydroxylation sites is 1. The molecule has 0 atom stereocenters. The monoisotopic (exact) mass is 576 g/mol. The van der Waals surface area contributed by atoms with Crippen LogP contribution in [-0.2, 0) is 0 Å². The SMILES string of the molecule is c1ccc(-c2nc(-c3ccccc3)nc(-c3ccc(-c4nc5c6ccccc6ccc5c5c4oc4ccccc45)cc3)n2)cc1. The van der Waals surface area contributed by atoms with Crippen LogP contribution >= 0.6 is 0 Å². The summed E-state index contributed by atoms with van der Waals surface area (Å²) in [6, 6.07) is 49.2. The average molecular weight is 577 g/mol. The van der Waals surface area contributed by atoms with Gasteiger partial charge < -0.3 is 4.42 Å². The fourth-order valence-corrected chi connectivity index (χ4v) is 6.13. The molecular formula is C40H24N4O. The van der Waals surface area contributed by atoms with Gasteiger partial charge in [0.1, 0.15) is 11.3 Å². The second-order valence-electron chi connectivity index (χ2n) is 11.1. The zero-order chi connectivity index (χ0) is 29.7. The van der Waals surface area contributed by atoms with Gasteiger partial charge in [-0.2, -0.15) is 0 Å². The smallest absolute Gasteiger partial charge is 0.164 e. The fraction of sp³-hybridized carbons (Fsp3) is 0. The molecule has 210 valence electrons. The summed E-state index contributed by atoms with van der Waals surface area (Å²) in [5, 5.41) is 5.52. The largest absolute Gasteiger partial charge is 0.454 e. The Morgan fingerprint density at radius 3 is 1.58 bits per heavy atom. The van der Waals surface area contributed by atoms with Crippen LogP contribution in [0.5, 0.6) is 0 Å². The Hall–Kier alpha value is -6.20. The normalized spacial score (nSPS) is 11.6. The highest BCUT2D eigenvalue weighted by Gasteiger charge is 2.19. The Morgan fingerprint density at radius 2 is 0.911 bits per heavy atom. The van der Waals surface area contributed by atoms with Crippen molar-refractivity contribution in [3.8, 4) is 45.4 Å².